The number of methoxy groups -OCH3 is 1. The largest absolute Gasteiger partial charge is 0.375 e. The van der Waals surface area contributed by atoms with Gasteiger partial charge in [0, 0.05) is 25.0 Å². The van der Waals surface area contributed by atoms with Crippen LogP contribution >= 0.6 is 0 Å². The molecule has 2 heterocycles. The lowest BCUT2D eigenvalue weighted by molar-refractivity contribution is -0.143. The summed E-state index contributed by atoms with van der Waals surface area (Å²) in [6.45, 7) is 4.56. The van der Waals surface area contributed by atoms with Crippen molar-refractivity contribution in [1.29, 1.82) is 0 Å². The average Bonchev–Trinajstić information content (AvgIpc) is 3.00. The van der Waals surface area contributed by atoms with E-state index in [1.165, 1.54) is 7.11 Å². The number of hydrogen-bond acceptors (Lipinski definition) is 4. The molecule has 1 aliphatic rings. The monoisotopic (exact) mass is 370 g/mol. The van der Waals surface area contributed by atoms with Crippen LogP contribution in [0.2, 0.25) is 0 Å². The molecule has 2 aromatic rings. The third-order valence-electron chi connectivity index (χ3n) is 4.78. The van der Waals surface area contributed by atoms with Crippen molar-refractivity contribution in [2.45, 2.75) is 39.2 Å². The van der Waals surface area contributed by atoms with Gasteiger partial charge < -0.3 is 15.0 Å². The van der Waals surface area contributed by atoms with Crippen molar-refractivity contribution in [3.8, 4) is 5.69 Å². The molecule has 1 atom stereocenters. The lowest BCUT2D eigenvalue weighted by atomic mass is 10.0. The maximum absolute atomic E-state index is 12.7. The molecule has 27 heavy (non-hydrogen) atoms. The van der Waals surface area contributed by atoms with Crippen molar-refractivity contribution in [3.63, 3.8) is 0 Å². The Hall–Kier alpha value is -2.67. The van der Waals surface area contributed by atoms with Gasteiger partial charge in [0.15, 0.2) is 0 Å². The number of carbonyl (C=O) groups excluding carboxylic acids is 2. The number of nitrogens with zero attached hydrogens (tertiary/aromatic N) is 3. The van der Waals surface area contributed by atoms with E-state index >= 15 is 0 Å². The smallest absolute Gasteiger partial charge is 0.249 e. The molecular formula is C20H26N4O3. The highest BCUT2D eigenvalue weighted by Gasteiger charge is 2.31. The molecule has 1 N–H and O–H groups in total. The van der Waals surface area contributed by atoms with Gasteiger partial charge in [0.25, 0.3) is 0 Å². The number of amides is 2. The summed E-state index contributed by atoms with van der Waals surface area (Å²) in [4.78, 5) is 26.6. The fraction of sp³-hybridized carbons (Fsp3) is 0.450. The Morgan fingerprint density at radius 2 is 1.96 bits per heavy atom. The number of benzene rings is 1. The Morgan fingerprint density at radius 1 is 1.22 bits per heavy atom. The van der Waals surface area contributed by atoms with E-state index in [1.807, 2.05) is 48.9 Å². The van der Waals surface area contributed by atoms with E-state index in [0.717, 1.165) is 29.9 Å². The summed E-state index contributed by atoms with van der Waals surface area (Å²) < 4.78 is 6.81. The van der Waals surface area contributed by atoms with E-state index in [2.05, 4.69) is 10.4 Å². The van der Waals surface area contributed by atoms with Crippen LogP contribution in [-0.4, -0.2) is 52.8 Å². The van der Waals surface area contributed by atoms with Gasteiger partial charge in [-0.3, -0.25) is 9.59 Å². The lowest BCUT2D eigenvalue weighted by Crippen LogP contribution is -2.51. The van der Waals surface area contributed by atoms with Crippen LogP contribution in [0.15, 0.2) is 30.3 Å². The van der Waals surface area contributed by atoms with Crippen molar-refractivity contribution in [2.24, 2.45) is 0 Å². The third kappa shape index (κ3) is 4.36. The zero-order valence-corrected chi connectivity index (χ0v) is 16.1. The summed E-state index contributed by atoms with van der Waals surface area (Å²) in [6.07, 6.45) is 2.52. The molecule has 0 spiro atoms. The highest BCUT2D eigenvalue weighted by molar-refractivity contribution is 5.97. The molecule has 1 saturated heterocycles. The number of ether oxygens (including phenoxy) is 1. The molecule has 144 valence electrons. The van der Waals surface area contributed by atoms with Gasteiger partial charge in [-0.25, -0.2) is 4.68 Å². The quantitative estimate of drug-likeness (QED) is 0.877. The van der Waals surface area contributed by atoms with Crippen LogP contribution in [0.25, 0.3) is 5.69 Å². The molecule has 0 saturated carbocycles. The topological polar surface area (TPSA) is 76.5 Å². The van der Waals surface area contributed by atoms with Gasteiger partial charge in [-0.15, -0.1) is 0 Å². The van der Waals surface area contributed by atoms with E-state index in [9.17, 15) is 9.59 Å². The minimum Gasteiger partial charge on any atom is -0.375 e. The minimum atomic E-state index is -0.447. The van der Waals surface area contributed by atoms with E-state index in [1.54, 1.807) is 4.90 Å². The first-order valence-corrected chi connectivity index (χ1v) is 9.22. The van der Waals surface area contributed by atoms with E-state index in [-0.39, 0.29) is 18.4 Å². The molecule has 7 heteroatoms. The van der Waals surface area contributed by atoms with Gasteiger partial charge in [-0.05, 0) is 63.4 Å². The number of likely N-dealkylation sites (tertiary alicyclic amines) is 1. The molecule has 0 bridgehead atoms. The molecule has 1 fully saturated rings. The van der Waals surface area contributed by atoms with Crippen molar-refractivity contribution in [3.05, 3.63) is 41.7 Å². The number of aromatic nitrogens is 2. The predicted molar refractivity (Wildman–Crippen MR) is 103 cm³/mol. The molecule has 3 rings (SSSR count). The summed E-state index contributed by atoms with van der Waals surface area (Å²) in [5.74, 6) is -0.296. The minimum absolute atomic E-state index is 0.00111. The third-order valence-corrected chi connectivity index (χ3v) is 4.78. The molecule has 1 aliphatic heterocycles. The van der Waals surface area contributed by atoms with Gasteiger partial charge in [-0.2, -0.15) is 5.10 Å². The van der Waals surface area contributed by atoms with Crippen LogP contribution in [0, 0.1) is 13.8 Å². The van der Waals surface area contributed by atoms with Crippen molar-refractivity contribution in [2.75, 3.05) is 25.6 Å². The summed E-state index contributed by atoms with van der Waals surface area (Å²) >= 11 is 0. The highest BCUT2D eigenvalue weighted by Crippen LogP contribution is 2.20. The molecule has 7 nitrogen and oxygen atoms in total. The maximum Gasteiger partial charge on any atom is 0.249 e. The molecule has 1 aromatic heterocycles. The van der Waals surface area contributed by atoms with Crippen molar-refractivity contribution >= 4 is 17.5 Å². The first-order valence-electron chi connectivity index (χ1n) is 9.22. The second-order valence-electron chi connectivity index (χ2n) is 6.91. The number of carbonyl (C=O) groups is 2. The highest BCUT2D eigenvalue weighted by atomic mass is 16.5. The van der Waals surface area contributed by atoms with Gasteiger partial charge in [-0.1, -0.05) is 0 Å². The lowest BCUT2D eigenvalue weighted by Gasteiger charge is -2.34. The normalized spacial score (nSPS) is 17.0. The Morgan fingerprint density at radius 3 is 2.59 bits per heavy atom. The van der Waals surface area contributed by atoms with E-state index in [0.29, 0.717) is 18.7 Å². The molecule has 1 aromatic carbocycles. The van der Waals surface area contributed by atoms with Crippen molar-refractivity contribution in [1.82, 2.24) is 14.7 Å². The van der Waals surface area contributed by atoms with Crippen LogP contribution in [0.3, 0.4) is 0 Å². The zero-order valence-electron chi connectivity index (χ0n) is 16.1. The number of piperidine rings is 1. The molecular weight excluding hydrogens is 344 g/mol. The average molecular weight is 370 g/mol. The standard InChI is InChI=1S/C20H26N4O3/c1-14-12-15(2)24(22-14)17-9-7-16(8-10-17)21-20(26)18-6-4-5-11-23(18)19(25)13-27-3/h7-10,12,18H,4-6,11,13H2,1-3H3,(H,21,26). The number of aryl methyl sites for hydroxylation is 2. The summed E-state index contributed by atoms with van der Waals surface area (Å²) in [5.41, 5.74) is 3.66. The van der Waals surface area contributed by atoms with Crippen molar-refractivity contribution < 1.29 is 14.3 Å². The first-order chi connectivity index (χ1) is 13.0. The van der Waals surface area contributed by atoms with Gasteiger partial charge in [0.2, 0.25) is 11.8 Å². The number of anilines is 1. The number of rotatable bonds is 5. The first kappa shape index (κ1) is 19.1. The zero-order chi connectivity index (χ0) is 19.4. The fourth-order valence-corrected chi connectivity index (χ4v) is 3.51. The van der Waals surface area contributed by atoms with Crippen LogP contribution in [0.5, 0.6) is 0 Å². The Labute approximate surface area is 159 Å². The van der Waals surface area contributed by atoms with Gasteiger partial charge in [0.05, 0.1) is 11.4 Å². The summed E-state index contributed by atoms with van der Waals surface area (Å²) in [6, 6.07) is 9.12. The van der Waals surface area contributed by atoms with Crippen LogP contribution in [-0.2, 0) is 14.3 Å². The second kappa shape index (κ2) is 8.35. The predicted octanol–water partition coefficient (Wildman–Crippen LogP) is 2.46. The Kier molecular flexibility index (Phi) is 5.91. The number of nitrogens with one attached hydrogen (secondary N) is 1. The van der Waals surface area contributed by atoms with Gasteiger partial charge in [0.1, 0.15) is 12.6 Å². The fourth-order valence-electron chi connectivity index (χ4n) is 3.51. The SMILES string of the molecule is COCC(=O)N1CCCCC1C(=O)Nc1ccc(-n2nc(C)cc2C)cc1. The Bertz CT molecular complexity index is 813. The second-order valence-corrected chi connectivity index (χ2v) is 6.91. The van der Waals surface area contributed by atoms with Crippen LogP contribution < -0.4 is 5.32 Å². The maximum atomic E-state index is 12.7. The molecule has 0 radical (unpaired) electrons. The summed E-state index contributed by atoms with van der Waals surface area (Å²) in [7, 11) is 1.49. The Balaban J connectivity index is 1.69. The van der Waals surface area contributed by atoms with Gasteiger partial charge >= 0.3 is 0 Å². The summed E-state index contributed by atoms with van der Waals surface area (Å²) in [5, 5.41) is 7.40. The van der Waals surface area contributed by atoms with E-state index in [4.69, 9.17) is 4.74 Å². The molecule has 1 unspecified atom stereocenters. The van der Waals surface area contributed by atoms with Crippen LogP contribution in [0.1, 0.15) is 30.7 Å². The van der Waals surface area contributed by atoms with Crippen LogP contribution in [0.4, 0.5) is 5.69 Å². The van der Waals surface area contributed by atoms with E-state index < -0.39 is 6.04 Å². The number of hydrogen-bond donors (Lipinski definition) is 1. The molecule has 2 amide bonds. The molecule has 0 aliphatic carbocycles.